The Kier molecular flexibility index (Phi) is 17.6. The topological polar surface area (TPSA) is 0 Å². The molecular weight excluding hydrogens is 391 g/mol. The molecule has 0 heterocycles. The van der Waals surface area contributed by atoms with Gasteiger partial charge in [0.2, 0.25) is 0 Å². The number of benzene rings is 1. The molecule has 10 heavy (non-hydrogen) atoms. The maximum absolute atomic E-state index is 2.49. The van der Waals surface area contributed by atoms with Gasteiger partial charge in [0, 0.05) is 0 Å². The van der Waals surface area contributed by atoms with Gasteiger partial charge in [-0.1, -0.05) is 0 Å². The van der Waals surface area contributed by atoms with Gasteiger partial charge < -0.3 is 0 Å². The van der Waals surface area contributed by atoms with Crippen molar-refractivity contribution in [3.8, 4) is 0 Å². The van der Waals surface area contributed by atoms with Crippen molar-refractivity contribution in [3.05, 3.63) is 30.3 Å². The average molecular weight is 400 g/mol. The third kappa shape index (κ3) is 7.29. The van der Waals surface area contributed by atoms with Crippen LogP contribution in [0, 0.1) is 0 Å². The van der Waals surface area contributed by atoms with Gasteiger partial charge in [-0.15, -0.1) is 50.9 Å². The van der Waals surface area contributed by atoms with E-state index in [1.54, 1.807) is 0 Å². The molecule has 0 bridgehead atoms. The van der Waals surface area contributed by atoms with Crippen LogP contribution in [0.5, 0.6) is 0 Å². The summed E-state index contributed by atoms with van der Waals surface area (Å²) in [7, 11) is 0. The molecule has 0 unspecified atom stereocenters. The first-order valence-corrected chi connectivity index (χ1v) is 3.07. The molecule has 0 fully saturated rings. The number of halogens is 3. The molecule has 60 valence electrons. The second-order valence-corrected chi connectivity index (χ2v) is 2.42. The van der Waals surface area contributed by atoms with Gasteiger partial charge in [0.1, 0.15) is 0 Å². The molecule has 0 radical (unpaired) electrons. The van der Waals surface area contributed by atoms with Crippen molar-refractivity contribution in [1.82, 2.24) is 0 Å². The Hall–Kier alpha value is 1.18. The van der Waals surface area contributed by atoms with Crippen LogP contribution in [-0.2, 0) is 0 Å². The molecule has 0 spiro atoms. The van der Waals surface area contributed by atoms with E-state index in [4.69, 9.17) is 0 Å². The normalized spacial score (nSPS) is 6.10. The Morgan fingerprint density at radius 1 is 0.800 bits per heavy atom. The van der Waals surface area contributed by atoms with E-state index in [1.807, 2.05) is 18.2 Å². The van der Waals surface area contributed by atoms with Crippen LogP contribution in [0.2, 0.25) is 0 Å². The van der Waals surface area contributed by atoms with E-state index in [-0.39, 0.29) is 50.9 Å². The van der Waals surface area contributed by atoms with Crippen molar-refractivity contribution in [2.45, 2.75) is 0 Å². The molecule has 0 aromatic heterocycles. The molecule has 0 saturated heterocycles. The molecule has 0 N–H and O–H groups in total. The fourth-order valence-electron chi connectivity index (χ4n) is 0.428. The van der Waals surface area contributed by atoms with Crippen molar-refractivity contribution >= 4 is 71.4 Å². The van der Waals surface area contributed by atoms with E-state index in [2.05, 4.69) is 28.1 Å². The van der Waals surface area contributed by atoms with E-state index in [0.717, 1.165) is 0 Å². The molecule has 0 aliphatic carbocycles. The average Bonchev–Trinajstić information content (AvgIpc) is 1.69. The standard InChI is InChI=1S/C6H6Se.3BrH/c7-6-4-2-1-3-5-6;;;/h1-5,7H;3*1H. The van der Waals surface area contributed by atoms with E-state index in [9.17, 15) is 0 Å². The Bertz CT molecular complexity index is 143. The van der Waals surface area contributed by atoms with Gasteiger partial charge in [-0.25, -0.2) is 0 Å². The SMILES string of the molecule is Br.Br.Br.[SeH]c1ccccc1. The summed E-state index contributed by atoms with van der Waals surface area (Å²) in [6, 6.07) is 10.2. The van der Waals surface area contributed by atoms with Gasteiger partial charge in [-0.2, -0.15) is 0 Å². The van der Waals surface area contributed by atoms with Crippen molar-refractivity contribution in [3.63, 3.8) is 0 Å². The van der Waals surface area contributed by atoms with Crippen LogP contribution in [-0.4, -0.2) is 16.0 Å². The molecule has 1 rings (SSSR count). The first-order valence-electron chi connectivity index (χ1n) is 2.13. The Balaban J connectivity index is -0.000000163. The summed E-state index contributed by atoms with van der Waals surface area (Å²) in [6.45, 7) is 0. The molecular formula is C6H9Br3Se. The summed E-state index contributed by atoms with van der Waals surface area (Å²) < 4.78 is 1.26. The molecule has 0 atom stereocenters. The van der Waals surface area contributed by atoms with Gasteiger partial charge in [0.25, 0.3) is 0 Å². The van der Waals surface area contributed by atoms with Gasteiger partial charge in [0.05, 0.1) is 0 Å². The molecule has 1 aromatic rings. The quantitative estimate of drug-likeness (QED) is 0.585. The zero-order valence-electron chi connectivity index (χ0n) is 5.06. The van der Waals surface area contributed by atoms with E-state index in [1.165, 1.54) is 4.46 Å². The molecule has 1 aromatic carbocycles. The Labute approximate surface area is 101 Å². The summed E-state index contributed by atoms with van der Waals surface area (Å²) in [5.41, 5.74) is 0. The number of rotatable bonds is 0. The number of hydrogen-bond donors (Lipinski definition) is 0. The minimum absolute atomic E-state index is 0. The van der Waals surface area contributed by atoms with Crippen LogP contribution in [0.1, 0.15) is 0 Å². The predicted octanol–water partition coefficient (Wildman–Crippen LogP) is 1.95. The van der Waals surface area contributed by atoms with Gasteiger partial charge >= 0.3 is 50.8 Å². The van der Waals surface area contributed by atoms with Crippen LogP contribution in [0.3, 0.4) is 0 Å². The zero-order chi connectivity index (χ0) is 5.11. The van der Waals surface area contributed by atoms with Crippen LogP contribution < -0.4 is 4.46 Å². The first-order chi connectivity index (χ1) is 3.39. The van der Waals surface area contributed by atoms with Gasteiger partial charge in [-0.3, -0.25) is 0 Å². The third-order valence-corrected chi connectivity index (χ3v) is 1.38. The summed E-state index contributed by atoms with van der Waals surface area (Å²) in [5, 5.41) is 0. The maximum atomic E-state index is 2.49. The monoisotopic (exact) mass is 398 g/mol. The molecule has 0 aliphatic rings. The van der Waals surface area contributed by atoms with E-state index < -0.39 is 0 Å². The second-order valence-electron chi connectivity index (χ2n) is 1.34. The zero-order valence-corrected chi connectivity index (χ0v) is 12.1. The summed E-state index contributed by atoms with van der Waals surface area (Å²) >= 11 is 2.49. The van der Waals surface area contributed by atoms with E-state index >= 15 is 0 Å². The number of hydrogen-bond acceptors (Lipinski definition) is 0. The van der Waals surface area contributed by atoms with E-state index in [0.29, 0.717) is 0 Å². The first kappa shape index (κ1) is 17.3. The summed E-state index contributed by atoms with van der Waals surface area (Å²) in [4.78, 5) is 0. The molecule has 0 aliphatic heterocycles. The van der Waals surface area contributed by atoms with Crippen LogP contribution in [0.15, 0.2) is 30.3 Å². The predicted molar refractivity (Wildman–Crippen MR) is 64.2 cm³/mol. The van der Waals surface area contributed by atoms with Gasteiger partial charge in [0.15, 0.2) is 0 Å². The minimum atomic E-state index is 0. The van der Waals surface area contributed by atoms with Crippen molar-refractivity contribution in [2.75, 3.05) is 0 Å². The molecule has 0 amide bonds. The van der Waals surface area contributed by atoms with Crippen molar-refractivity contribution < 1.29 is 0 Å². The summed E-state index contributed by atoms with van der Waals surface area (Å²) in [6.07, 6.45) is 0. The molecule has 4 heteroatoms. The Morgan fingerprint density at radius 2 is 1.20 bits per heavy atom. The molecule has 0 saturated carbocycles. The van der Waals surface area contributed by atoms with Crippen molar-refractivity contribution in [2.24, 2.45) is 0 Å². The fourth-order valence-corrected chi connectivity index (χ4v) is 0.789. The van der Waals surface area contributed by atoms with Crippen LogP contribution in [0.4, 0.5) is 0 Å². The van der Waals surface area contributed by atoms with Crippen LogP contribution in [0.25, 0.3) is 0 Å². The van der Waals surface area contributed by atoms with Crippen LogP contribution >= 0.6 is 50.9 Å². The third-order valence-electron chi connectivity index (χ3n) is 0.756. The summed E-state index contributed by atoms with van der Waals surface area (Å²) in [5.74, 6) is 0. The van der Waals surface area contributed by atoms with Crippen molar-refractivity contribution in [1.29, 1.82) is 0 Å². The fraction of sp³-hybridized carbons (Fsp3) is 0. The van der Waals surface area contributed by atoms with Gasteiger partial charge in [-0.05, 0) is 0 Å². The Morgan fingerprint density at radius 3 is 1.40 bits per heavy atom. The molecule has 0 nitrogen and oxygen atoms in total. The second kappa shape index (κ2) is 10.2.